The summed E-state index contributed by atoms with van der Waals surface area (Å²) in [4.78, 5) is 17.8. The molecule has 0 atom stereocenters. The number of carboxylic acid groups (broad SMARTS) is 1. The van der Waals surface area contributed by atoms with Crippen LogP contribution < -0.4 is 0 Å². The Morgan fingerprint density at radius 3 is 2.26 bits per heavy atom. The highest BCUT2D eigenvalue weighted by Gasteiger charge is 2.23. The molecule has 0 amide bonds. The van der Waals surface area contributed by atoms with Crippen LogP contribution in [0.2, 0.25) is 0 Å². The largest absolute Gasteiger partial charge is 0.481 e. The predicted molar refractivity (Wildman–Crippen MR) is 75.4 cm³/mol. The SMILES string of the molecule is CN1CCN(CC2CCN(CCC(=O)O)CC2)CC1. The summed E-state index contributed by atoms with van der Waals surface area (Å²) in [7, 11) is 2.19. The van der Waals surface area contributed by atoms with Crippen molar-refractivity contribution in [2.75, 3.05) is 59.4 Å². The topological polar surface area (TPSA) is 47.0 Å². The number of carbonyl (C=O) groups is 1. The van der Waals surface area contributed by atoms with Crippen LogP contribution in [-0.2, 0) is 4.79 Å². The van der Waals surface area contributed by atoms with E-state index in [-0.39, 0.29) is 6.42 Å². The summed E-state index contributed by atoms with van der Waals surface area (Å²) in [6, 6.07) is 0. The molecular formula is C14H27N3O2. The first-order valence-electron chi connectivity index (χ1n) is 7.48. The fourth-order valence-electron chi connectivity index (χ4n) is 3.04. The summed E-state index contributed by atoms with van der Waals surface area (Å²) in [6.07, 6.45) is 2.74. The lowest BCUT2D eigenvalue weighted by Gasteiger charge is -2.37. The smallest absolute Gasteiger partial charge is 0.304 e. The molecule has 1 N–H and O–H groups in total. The molecule has 0 aromatic carbocycles. The van der Waals surface area contributed by atoms with Gasteiger partial charge >= 0.3 is 5.97 Å². The first-order chi connectivity index (χ1) is 9.13. The van der Waals surface area contributed by atoms with Crippen molar-refractivity contribution in [2.45, 2.75) is 19.3 Å². The lowest BCUT2D eigenvalue weighted by molar-refractivity contribution is -0.137. The van der Waals surface area contributed by atoms with Gasteiger partial charge in [0.2, 0.25) is 0 Å². The van der Waals surface area contributed by atoms with E-state index in [1.165, 1.54) is 45.6 Å². The van der Waals surface area contributed by atoms with Gasteiger partial charge in [0.15, 0.2) is 0 Å². The van der Waals surface area contributed by atoms with Gasteiger partial charge in [-0.2, -0.15) is 0 Å². The quantitative estimate of drug-likeness (QED) is 0.784. The summed E-state index contributed by atoms with van der Waals surface area (Å²) in [5, 5.41) is 8.70. The Hall–Kier alpha value is -0.650. The number of piperidine rings is 1. The minimum atomic E-state index is -0.681. The van der Waals surface area contributed by atoms with Crippen LogP contribution in [0.3, 0.4) is 0 Å². The summed E-state index contributed by atoms with van der Waals surface area (Å²) < 4.78 is 0. The zero-order valence-electron chi connectivity index (χ0n) is 12.1. The lowest BCUT2D eigenvalue weighted by Crippen LogP contribution is -2.47. The molecule has 5 heteroatoms. The Morgan fingerprint density at radius 1 is 1.05 bits per heavy atom. The average Bonchev–Trinajstić information content (AvgIpc) is 2.40. The van der Waals surface area contributed by atoms with Gasteiger partial charge in [-0.25, -0.2) is 0 Å². The third-order valence-corrected chi connectivity index (χ3v) is 4.46. The first-order valence-corrected chi connectivity index (χ1v) is 7.48. The van der Waals surface area contributed by atoms with Gasteiger partial charge in [-0.05, 0) is 38.9 Å². The van der Waals surface area contributed by atoms with Crippen LogP contribution in [0.5, 0.6) is 0 Å². The molecule has 0 aliphatic carbocycles. The molecule has 0 saturated carbocycles. The molecule has 19 heavy (non-hydrogen) atoms. The van der Waals surface area contributed by atoms with Gasteiger partial charge in [0.1, 0.15) is 0 Å². The zero-order valence-corrected chi connectivity index (χ0v) is 12.1. The van der Waals surface area contributed by atoms with Crippen molar-refractivity contribution in [3.8, 4) is 0 Å². The highest BCUT2D eigenvalue weighted by Crippen LogP contribution is 2.19. The van der Waals surface area contributed by atoms with E-state index in [1.807, 2.05) is 0 Å². The second kappa shape index (κ2) is 7.22. The van der Waals surface area contributed by atoms with E-state index < -0.39 is 5.97 Å². The molecule has 0 aromatic heterocycles. The Labute approximate surface area is 116 Å². The number of likely N-dealkylation sites (N-methyl/N-ethyl adjacent to an activating group) is 1. The number of nitrogens with zero attached hydrogens (tertiary/aromatic N) is 3. The fourth-order valence-corrected chi connectivity index (χ4v) is 3.04. The molecule has 2 heterocycles. The Kier molecular flexibility index (Phi) is 5.60. The number of aliphatic carboxylic acids is 1. The standard InChI is InChI=1S/C14H27N3O2/c1-15-8-10-17(11-9-15)12-13-2-5-16(6-3-13)7-4-14(18)19/h13H,2-12H2,1H3,(H,18,19). The lowest BCUT2D eigenvalue weighted by atomic mass is 9.96. The van der Waals surface area contributed by atoms with Crippen molar-refractivity contribution >= 4 is 5.97 Å². The second-order valence-electron chi connectivity index (χ2n) is 6.03. The molecule has 0 bridgehead atoms. The van der Waals surface area contributed by atoms with Gasteiger partial charge in [-0.1, -0.05) is 0 Å². The van der Waals surface area contributed by atoms with Gasteiger partial charge in [0.25, 0.3) is 0 Å². The van der Waals surface area contributed by atoms with Crippen molar-refractivity contribution in [3.05, 3.63) is 0 Å². The maximum absolute atomic E-state index is 10.6. The van der Waals surface area contributed by atoms with Gasteiger partial charge in [-0.15, -0.1) is 0 Å². The number of hydrogen-bond acceptors (Lipinski definition) is 4. The summed E-state index contributed by atoms with van der Waals surface area (Å²) in [5.41, 5.74) is 0. The number of piperazine rings is 1. The Balaban J connectivity index is 1.62. The van der Waals surface area contributed by atoms with Crippen LogP contribution in [0.25, 0.3) is 0 Å². The van der Waals surface area contributed by atoms with Crippen molar-refractivity contribution in [3.63, 3.8) is 0 Å². The monoisotopic (exact) mass is 269 g/mol. The first kappa shape index (κ1) is 14.8. The minimum absolute atomic E-state index is 0.281. The molecule has 2 aliphatic heterocycles. The molecule has 2 rings (SSSR count). The number of rotatable bonds is 5. The van der Waals surface area contributed by atoms with E-state index in [0.717, 1.165) is 25.6 Å². The summed E-state index contributed by atoms with van der Waals surface area (Å²) in [5.74, 6) is 0.129. The number of carboxylic acids is 1. The predicted octanol–water partition coefficient (Wildman–Crippen LogP) is 0.421. The van der Waals surface area contributed by atoms with E-state index in [2.05, 4.69) is 21.7 Å². The summed E-state index contributed by atoms with van der Waals surface area (Å²) in [6.45, 7) is 8.90. The third-order valence-electron chi connectivity index (χ3n) is 4.46. The van der Waals surface area contributed by atoms with E-state index in [4.69, 9.17) is 5.11 Å². The van der Waals surface area contributed by atoms with Crippen molar-refractivity contribution in [1.82, 2.24) is 14.7 Å². The van der Waals surface area contributed by atoms with Crippen molar-refractivity contribution in [1.29, 1.82) is 0 Å². The molecular weight excluding hydrogens is 242 g/mol. The van der Waals surface area contributed by atoms with Gasteiger partial charge in [0, 0.05) is 39.3 Å². The molecule has 2 fully saturated rings. The van der Waals surface area contributed by atoms with Crippen LogP contribution in [0.15, 0.2) is 0 Å². The second-order valence-corrected chi connectivity index (χ2v) is 6.03. The fraction of sp³-hybridized carbons (Fsp3) is 0.929. The Bertz CT molecular complexity index is 282. The van der Waals surface area contributed by atoms with Crippen LogP contribution in [0, 0.1) is 5.92 Å². The van der Waals surface area contributed by atoms with Gasteiger partial charge < -0.3 is 19.8 Å². The van der Waals surface area contributed by atoms with Crippen LogP contribution in [0.4, 0.5) is 0 Å². The van der Waals surface area contributed by atoms with Crippen LogP contribution in [0.1, 0.15) is 19.3 Å². The van der Waals surface area contributed by atoms with E-state index >= 15 is 0 Å². The molecule has 0 radical (unpaired) electrons. The molecule has 0 unspecified atom stereocenters. The number of likely N-dealkylation sites (tertiary alicyclic amines) is 1. The number of hydrogen-bond donors (Lipinski definition) is 1. The third kappa shape index (κ3) is 5.09. The molecule has 5 nitrogen and oxygen atoms in total. The molecule has 0 aromatic rings. The highest BCUT2D eigenvalue weighted by molar-refractivity contribution is 5.66. The zero-order chi connectivity index (χ0) is 13.7. The van der Waals surface area contributed by atoms with Gasteiger partial charge in [0.05, 0.1) is 6.42 Å². The average molecular weight is 269 g/mol. The molecule has 110 valence electrons. The Morgan fingerprint density at radius 2 is 1.68 bits per heavy atom. The van der Waals surface area contributed by atoms with E-state index in [0.29, 0.717) is 0 Å². The maximum atomic E-state index is 10.6. The maximum Gasteiger partial charge on any atom is 0.304 e. The van der Waals surface area contributed by atoms with E-state index in [9.17, 15) is 4.79 Å². The molecule has 0 spiro atoms. The summed E-state index contributed by atoms with van der Waals surface area (Å²) >= 11 is 0. The van der Waals surface area contributed by atoms with E-state index in [1.54, 1.807) is 0 Å². The normalized spacial score (nSPS) is 24.7. The molecule has 2 aliphatic rings. The van der Waals surface area contributed by atoms with Crippen LogP contribution >= 0.6 is 0 Å². The molecule has 2 saturated heterocycles. The minimum Gasteiger partial charge on any atom is -0.481 e. The van der Waals surface area contributed by atoms with Crippen LogP contribution in [-0.4, -0.2) is 85.2 Å². The van der Waals surface area contributed by atoms with Crippen molar-refractivity contribution < 1.29 is 9.90 Å². The highest BCUT2D eigenvalue weighted by atomic mass is 16.4. The van der Waals surface area contributed by atoms with Crippen molar-refractivity contribution in [2.24, 2.45) is 5.92 Å². The van der Waals surface area contributed by atoms with Gasteiger partial charge in [-0.3, -0.25) is 4.79 Å².